The first-order chi connectivity index (χ1) is 15.7. The molecule has 0 saturated carbocycles. The second-order valence-corrected chi connectivity index (χ2v) is 7.14. The molecule has 1 unspecified atom stereocenters. The van der Waals surface area contributed by atoms with Crippen LogP contribution in [0.4, 0.5) is 9.18 Å². The lowest BCUT2D eigenvalue weighted by Crippen LogP contribution is -2.56. The molecule has 0 bridgehead atoms. The number of aromatic nitrogens is 3. The number of halogens is 1. The van der Waals surface area contributed by atoms with Crippen molar-refractivity contribution < 1.29 is 28.6 Å². The minimum absolute atomic E-state index is 0.0160. The number of benzene rings is 1. The van der Waals surface area contributed by atoms with Crippen LogP contribution in [0.1, 0.15) is 25.0 Å². The van der Waals surface area contributed by atoms with Gasteiger partial charge in [0.1, 0.15) is 17.7 Å². The number of carbonyl (C=O) groups excluding carboxylic acids is 1. The number of nitriles is 1. The molecule has 0 fully saturated rings. The van der Waals surface area contributed by atoms with Gasteiger partial charge in [-0.1, -0.05) is 11.5 Å². The highest BCUT2D eigenvalue weighted by molar-refractivity contribution is 7.84. The average molecular weight is 479 g/mol. The van der Waals surface area contributed by atoms with Gasteiger partial charge in [0, 0.05) is 5.56 Å². The third-order valence-corrected chi connectivity index (χ3v) is 4.72. The molecule has 0 radical (unpaired) electrons. The highest BCUT2D eigenvalue weighted by Gasteiger charge is 2.35. The first-order valence-electron chi connectivity index (χ1n) is 9.61. The molecule has 1 N–H and O–H groups in total. The van der Waals surface area contributed by atoms with Gasteiger partial charge < -0.3 is 14.6 Å². The van der Waals surface area contributed by atoms with Crippen molar-refractivity contribution in [2.45, 2.75) is 25.5 Å². The molecule has 1 heterocycles. The van der Waals surface area contributed by atoms with Crippen LogP contribution in [0.25, 0.3) is 0 Å². The molecule has 13 heteroatoms. The fourth-order valence-electron chi connectivity index (χ4n) is 2.85. The molecular weight excluding hydrogens is 455 g/mol. The summed E-state index contributed by atoms with van der Waals surface area (Å²) in [6.45, 7) is 4.69. The Bertz CT molecular complexity index is 1030. The minimum Gasteiger partial charge on any atom is -0.496 e. The van der Waals surface area contributed by atoms with Crippen LogP contribution in [-0.4, -0.2) is 63.4 Å². The predicted molar refractivity (Wildman–Crippen MR) is 117 cm³/mol. The molecule has 1 aromatic carbocycles. The molecule has 176 valence electrons. The lowest BCUT2D eigenvalue weighted by molar-refractivity contribution is -0.138. The number of rotatable bonds is 11. The van der Waals surface area contributed by atoms with Crippen LogP contribution in [0.3, 0.4) is 0 Å². The summed E-state index contributed by atoms with van der Waals surface area (Å²) in [5.74, 6) is -1.58. The van der Waals surface area contributed by atoms with Gasteiger partial charge in [-0.05, 0) is 25.1 Å². The second-order valence-electron chi connectivity index (χ2n) is 6.62. The van der Waals surface area contributed by atoms with Crippen LogP contribution in [0.5, 0.6) is 5.75 Å². The van der Waals surface area contributed by atoms with Gasteiger partial charge in [-0.3, -0.25) is 4.90 Å². The van der Waals surface area contributed by atoms with E-state index in [1.54, 1.807) is 0 Å². The van der Waals surface area contributed by atoms with Gasteiger partial charge in [0.25, 0.3) is 0 Å². The lowest BCUT2D eigenvalue weighted by Gasteiger charge is -2.33. The smallest absolute Gasteiger partial charge is 0.347 e. The molecule has 11 nitrogen and oxygen atoms in total. The summed E-state index contributed by atoms with van der Waals surface area (Å²) in [4.78, 5) is 26.9. The van der Waals surface area contributed by atoms with Crippen molar-refractivity contribution >= 4 is 24.6 Å². The van der Waals surface area contributed by atoms with Crippen molar-refractivity contribution in [3.8, 4) is 11.8 Å². The summed E-state index contributed by atoms with van der Waals surface area (Å²) < 4.78 is 25.1. The Balaban J connectivity index is 2.46. The fourth-order valence-corrected chi connectivity index (χ4v) is 3.02. The number of carbonyl (C=O) groups is 2. The molecule has 0 aliphatic rings. The van der Waals surface area contributed by atoms with E-state index in [0.29, 0.717) is 5.75 Å². The largest absolute Gasteiger partial charge is 0.496 e. The third kappa shape index (κ3) is 6.43. The Labute approximate surface area is 195 Å². The maximum atomic E-state index is 14.0. The van der Waals surface area contributed by atoms with E-state index < -0.39 is 30.0 Å². The number of hydrogen-bond acceptors (Lipinski definition) is 8. The predicted octanol–water partition coefficient (Wildman–Crippen LogP) is 2.33. The van der Waals surface area contributed by atoms with E-state index in [9.17, 15) is 19.1 Å². The molecule has 0 aliphatic heterocycles. The normalized spacial score (nSPS) is 12.3. The van der Waals surface area contributed by atoms with Crippen LogP contribution in [0, 0.1) is 17.1 Å². The summed E-state index contributed by atoms with van der Waals surface area (Å²) >= 11 is 4.18. The number of aliphatic carboxylic acids is 1. The van der Waals surface area contributed by atoms with Crippen molar-refractivity contribution in [1.82, 2.24) is 20.0 Å². The molecule has 2 rings (SSSR count). The van der Waals surface area contributed by atoms with Gasteiger partial charge >= 0.3 is 12.0 Å². The van der Waals surface area contributed by atoms with Crippen molar-refractivity contribution in [3.63, 3.8) is 0 Å². The van der Waals surface area contributed by atoms with E-state index in [1.165, 1.54) is 44.6 Å². The number of carboxylic acids is 1. The van der Waals surface area contributed by atoms with Gasteiger partial charge in [-0.25, -0.2) is 14.0 Å². The van der Waals surface area contributed by atoms with Crippen LogP contribution < -0.4 is 9.75 Å². The standard InChI is InChI=1S/C20H23FN6O5S/c1-13(19(28)29)26(27-23-8-9-24-27)20(30)25(14(2)33)12-18(32-10-4-7-22)16-11-15(21)5-6-17(16)31-3/h5-6,8-9,11,13,18,33H,2,4,10,12H2,1,3H3,(H,28,29)/t13?,18-/m0/s1. The van der Waals surface area contributed by atoms with Gasteiger partial charge in [0.15, 0.2) is 6.04 Å². The number of ether oxygens (including phenoxy) is 2. The Morgan fingerprint density at radius 3 is 2.61 bits per heavy atom. The van der Waals surface area contributed by atoms with Crippen molar-refractivity contribution in [2.75, 3.05) is 25.3 Å². The Kier molecular flexibility index (Phi) is 9.19. The van der Waals surface area contributed by atoms with E-state index in [-0.39, 0.29) is 30.2 Å². The number of thiol groups is 1. The second kappa shape index (κ2) is 11.8. The van der Waals surface area contributed by atoms with Gasteiger partial charge in [-0.2, -0.15) is 10.3 Å². The number of amides is 2. The van der Waals surface area contributed by atoms with Crippen molar-refractivity contribution in [3.05, 3.63) is 53.6 Å². The Morgan fingerprint density at radius 1 is 1.39 bits per heavy atom. The molecular formula is C20H23FN6O5S. The summed E-state index contributed by atoms with van der Waals surface area (Å²) in [6, 6.07) is 3.50. The van der Waals surface area contributed by atoms with Crippen molar-refractivity contribution in [1.29, 1.82) is 5.26 Å². The highest BCUT2D eigenvalue weighted by atomic mass is 32.1. The maximum absolute atomic E-state index is 14.0. The zero-order valence-electron chi connectivity index (χ0n) is 18.0. The van der Waals surface area contributed by atoms with Crippen molar-refractivity contribution in [2.24, 2.45) is 0 Å². The Morgan fingerprint density at radius 2 is 2.06 bits per heavy atom. The van der Waals surface area contributed by atoms with E-state index >= 15 is 0 Å². The van der Waals surface area contributed by atoms with E-state index in [0.717, 1.165) is 14.8 Å². The van der Waals surface area contributed by atoms with Crippen LogP contribution in [0.2, 0.25) is 0 Å². The minimum atomic E-state index is -1.36. The van der Waals surface area contributed by atoms with E-state index in [1.807, 2.05) is 6.07 Å². The molecule has 0 spiro atoms. The summed E-state index contributed by atoms with van der Waals surface area (Å²) in [5, 5.41) is 26.8. The fraction of sp³-hybridized carbons (Fsp3) is 0.350. The van der Waals surface area contributed by atoms with Crippen LogP contribution in [0.15, 0.2) is 42.2 Å². The summed E-state index contributed by atoms with van der Waals surface area (Å²) in [7, 11) is 1.39. The monoisotopic (exact) mass is 478 g/mol. The quantitative estimate of drug-likeness (QED) is 0.371. The SMILES string of the molecule is C=C(S)N(C[C@H](OCCC#N)c1cc(F)ccc1OC)C(=O)N(C(C)C(=O)O)n1nccn1. The van der Waals surface area contributed by atoms with Gasteiger partial charge in [0.2, 0.25) is 0 Å². The number of urea groups is 1. The van der Waals surface area contributed by atoms with Gasteiger partial charge in [-0.15, -0.1) is 22.8 Å². The molecule has 2 amide bonds. The molecule has 0 saturated heterocycles. The number of carboxylic acid groups (broad SMARTS) is 1. The number of hydrogen-bond donors (Lipinski definition) is 2. The zero-order valence-corrected chi connectivity index (χ0v) is 18.9. The number of methoxy groups -OCH3 is 1. The van der Waals surface area contributed by atoms with Crippen LogP contribution >= 0.6 is 12.6 Å². The van der Waals surface area contributed by atoms with Crippen LogP contribution in [-0.2, 0) is 9.53 Å². The maximum Gasteiger partial charge on any atom is 0.347 e. The summed E-state index contributed by atoms with van der Waals surface area (Å²) in [5.41, 5.74) is 0.276. The summed E-state index contributed by atoms with van der Waals surface area (Å²) in [6.07, 6.45) is 1.63. The Hall–Kier alpha value is -3.63. The molecule has 1 aromatic heterocycles. The number of nitrogens with zero attached hydrogens (tertiary/aromatic N) is 6. The molecule has 2 atom stereocenters. The molecule has 2 aromatic rings. The highest BCUT2D eigenvalue weighted by Crippen LogP contribution is 2.31. The zero-order chi connectivity index (χ0) is 24.5. The molecule has 0 aliphatic carbocycles. The van der Waals surface area contributed by atoms with E-state index in [2.05, 4.69) is 29.4 Å². The van der Waals surface area contributed by atoms with E-state index in [4.69, 9.17) is 14.7 Å². The first-order valence-corrected chi connectivity index (χ1v) is 10.1. The lowest BCUT2D eigenvalue weighted by atomic mass is 10.1. The first kappa shape index (κ1) is 25.6. The third-order valence-electron chi connectivity index (χ3n) is 4.48. The molecule has 33 heavy (non-hydrogen) atoms. The average Bonchev–Trinajstić information content (AvgIpc) is 3.30. The van der Waals surface area contributed by atoms with Gasteiger partial charge in [0.05, 0.1) is 50.2 Å². The topological polar surface area (TPSA) is 134 Å².